The monoisotopic (exact) mass is 578 g/mol. The number of aromatic nitrogens is 3. The van der Waals surface area contributed by atoms with Crippen molar-refractivity contribution in [1.29, 1.82) is 0 Å². The van der Waals surface area contributed by atoms with Crippen LogP contribution in [0.25, 0.3) is 17.0 Å². The highest BCUT2D eigenvalue weighted by atomic mass is 35.5. The number of carboxylic acid groups (broad SMARTS) is 1. The van der Waals surface area contributed by atoms with Gasteiger partial charge < -0.3 is 28.0 Å². The molecule has 4 rings (SSSR count). The molecule has 206 valence electrons. The van der Waals surface area contributed by atoms with Crippen LogP contribution in [0.2, 0.25) is 0 Å². The van der Waals surface area contributed by atoms with Gasteiger partial charge >= 0.3 is 11.9 Å². The highest BCUT2D eigenvalue weighted by Gasteiger charge is 2.51. The molecule has 3 aromatic rings. The van der Waals surface area contributed by atoms with Gasteiger partial charge in [-0.2, -0.15) is 0 Å². The number of nitrogens with two attached hydrogens (primary N) is 1. The topological polar surface area (TPSA) is 122 Å². The van der Waals surface area contributed by atoms with Gasteiger partial charge in [0.2, 0.25) is 0 Å². The first-order valence-corrected chi connectivity index (χ1v) is 14.4. The zero-order chi connectivity index (χ0) is 27.5. The number of nitrogens with one attached hydrogen (secondary N) is 1. The van der Waals surface area contributed by atoms with Crippen LogP contribution in [0.5, 0.6) is 5.75 Å². The lowest BCUT2D eigenvalue weighted by Gasteiger charge is -2.27. The van der Waals surface area contributed by atoms with Gasteiger partial charge in [0.15, 0.2) is 11.3 Å². The summed E-state index contributed by atoms with van der Waals surface area (Å²) in [5.74, 6) is 1.19. The lowest BCUT2D eigenvalue weighted by molar-refractivity contribution is -0.610. The van der Waals surface area contributed by atoms with E-state index in [-0.39, 0.29) is 18.2 Å². The second kappa shape index (κ2) is 10.4. The van der Waals surface area contributed by atoms with Crippen LogP contribution in [0.15, 0.2) is 24.4 Å². The number of nitrogens with zero attached hydrogens (tertiary/aromatic N) is 2. The number of ether oxygens (including phenoxy) is 1. The molecule has 4 N–H and O–H groups in total. The smallest absolute Gasteiger partial charge is 0.402 e. The van der Waals surface area contributed by atoms with Gasteiger partial charge in [-0.15, -0.1) is 0 Å². The predicted molar refractivity (Wildman–Crippen MR) is 149 cm³/mol. The number of aliphatic carboxylic acids is 1. The number of carbonyl (C=O) groups is 2. The van der Waals surface area contributed by atoms with Crippen molar-refractivity contribution < 1.29 is 36.4 Å². The van der Waals surface area contributed by atoms with Crippen molar-refractivity contribution in [2.45, 2.75) is 75.8 Å². The molecule has 0 radical (unpaired) electrons. The first-order valence-electron chi connectivity index (χ1n) is 12.1. The maximum absolute atomic E-state index is 13.1. The molecule has 0 spiro atoms. The molecule has 1 atom stereocenters. The van der Waals surface area contributed by atoms with E-state index < -0.39 is 27.6 Å². The summed E-state index contributed by atoms with van der Waals surface area (Å²) in [6, 6.07) is 5.01. The molecular formula is C27H35ClN4O4S2. The SMILES string of the molecule is COc1cc[n+](-c2nc3cc4c(cc3[nH]2)C(C)(C)C(=O)C4(C)C)c(CSSC(C)(C)C(N)C(=O)O)c1C.[Cl-]. The summed E-state index contributed by atoms with van der Waals surface area (Å²) in [4.78, 5) is 32.9. The Kier molecular flexibility index (Phi) is 8.26. The summed E-state index contributed by atoms with van der Waals surface area (Å²) in [6.07, 6.45) is 1.92. The van der Waals surface area contributed by atoms with Gasteiger partial charge in [0, 0.05) is 27.2 Å². The van der Waals surface area contributed by atoms with E-state index in [4.69, 9.17) is 15.5 Å². The summed E-state index contributed by atoms with van der Waals surface area (Å²) in [6.45, 7) is 13.6. The van der Waals surface area contributed by atoms with Crippen LogP contribution in [0.1, 0.15) is 63.9 Å². The third-order valence-corrected chi connectivity index (χ3v) is 10.7. The Morgan fingerprint density at radius 3 is 2.42 bits per heavy atom. The van der Waals surface area contributed by atoms with E-state index in [1.807, 2.05) is 71.4 Å². The van der Waals surface area contributed by atoms with Crippen molar-refractivity contribution in [3.63, 3.8) is 0 Å². The number of carboxylic acids is 1. The Hall–Kier alpha value is -2.27. The summed E-state index contributed by atoms with van der Waals surface area (Å²) in [5, 5.41) is 9.35. The van der Waals surface area contributed by atoms with Crippen LogP contribution >= 0.6 is 21.6 Å². The molecule has 1 aliphatic rings. The number of H-pyrrole nitrogens is 1. The summed E-state index contributed by atoms with van der Waals surface area (Å²) in [7, 11) is 4.63. The first-order chi connectivity index (χ1) is 17.1. The van der Waals surface area contributed by atoms with E-state index >= 15 is 0 Å². The number of ketones is 1. The van der Waals surface area contributed by atoms with Crippen LogP contribution in [0.3, 0.4) is 0 Å². The molecule has 0 saturated carbocycles. The van der Waals surface area contributed by atoms with Crippen molar-refractivity contribution in [1.82, 2.24) is 9.97 Å². The van der Waals surface area contributed by atoms with Crippen molar-refractivity contribution in [3.8, 4) is 11.7 Å². The van der Waals surface area contributed by atoms with E-state index in [1.54, 1.807) is 17.9 Å². The van der Waals surface area contributed by atoms with Gasteiger partial charge in [0.25, 0.3) is 0 Å². The van der Waals surface area contributed by atoms with Crippen LogP contribution in [0.4, 0.5) is 0 Å². The normalized spacial score (nSPS) is 16.7. The fourth-order valence-corrected chi connectivity index (χ4v) is 7.85. The number of hydrogen-bond donors (Lipinski definition) is 3. The minimum Gasteiger partial charge on any atom is -1.00 e. The molecule has 8 nitrogen and oxygen atoms in total. The number of carbonyl (C=O) groups excluding carboxylic acids is 1. The van der Waals surface area contributed by atoms with Crippen molar-refractivity contribution in [3.05, 3.63) is 46.8 Å². The number of aromatic amines is 1. The number of Topliss-reactive ketones (excluding diaryl/α,β-unsaturated/α-hetero) is 1. The fraction of sp³-hybridized carbons (Fsp3) is 0.481. The third kappa shape index (κ3) is 4.92. The number of imidazole rings is 1. The van der Waals surface area contributed by atoms with Crippen LogP contribution in [-0.2, 0) is 26.2 Å². The van der Waals surface area contributed by atoms with Gasteiger partial charge in [-0.3, -0.25) is 9.59 Å². The second-order valence-corrected chi connectivity index (χ2v) is 14.1. The molecule has 0 bridgehead atoms. The lowest BCUT2D eigenvalue weighted by Crippen LogP contribution is -3.00. The Balaban J connectivity index is 0.00000400. The van der Waals surface area contributed by atoms with E-state index in [0.717, 1.165) is 39.2 Å². The van der Waals surface area contributed by atoms with Gasteiger partial charge in [0.05, 0.1) is 19.1 Å². The molecule has 1 unspecified atom stereocenters. The second-order valence-electron chi connectivity index (χ2n) is 11.1. The third-order valence-electron chi connectivity index (χ3n) is 7.49. The number of benzene rings is 1. The molecule has 11 heteroatoms. The maximum atomic E-state index is 13.1. The van der Waals surface area contributed by atoms with E-state index in [2.05, 4.69) is 11.1 Å². The van der Waals surface area contributed by atoms with Crippen LogP contribution < -0.4 is 27.4 Å². The standard InChI is InChI=1S/C27H34N4O4S2.ClH/c1-14-19(13-36-37-27(6,7)21(28)22(32)33)31(10-9-20(14)35-8)24-29-17-11-15-16(12-18(17)30-24)26(4,5)23(34)25(15,2)3;/h9-12,21H,13,28H2,1-8H3,(H-,29,30,32,33);1H. The average molecular weight is 579 g/mol. The van der Waals surface area contributed by atoms with Crippen molar-refractivity contribution in [2.75, 3.05) is 7.11 Å². The summed E-state index contributed by atoms with van der Waals surface area (Å²) >= 11 is 0. The molecule has 2 heterocycles. The van der Waals surface area contributed by atoms with Gasteiger partial charge in [0.1, 0.15) is 23.0 Å². The highest BCUT2D eigenvalue weighted by Crippen LogP contribution is 2.47. The highest BCUT2D eigenvalue weighted by molar-refractivity contribution is 8.76. The molecule has 0 fully saturated rings. The van der Waals surface area contributed by atoms with Crippen molar-refractivity contribution in [2.24, 2.45) is 5.73 Å². The molecule has 1 aromatic carbocycles. The molecular weight excluding hydrogens is 544 g/mol. The fourth-order valence-electron chi connectivity index (χ4n) is 5.08. The number of methoxy groups -OCH3 is 1. The van der Waals surface area contributed by atoms with Crippen LogP contribution in [-0.4, -0.2) is 44.7 Å². The summed E-state index contributed by atoms with van der Waals surface area (Å²) < 4.78 is 6.91. The zero-order valence-corrected chi connectivity index (χ0v) is 25.3. The van der Waals surface area contributed by atoms with Crippen molar-refractivity contribution >= 4 is 44.4 Å². The van der Waals surface area contributed by atoms with Gasteiger partial charge in [-0.1, -0.05) is 26.6 Å². The number of pyridine rings is 1. The molecule has 0 amide bonds. The van der Waals surface area contributed by atoms with Crippen LogP contribution in [0, 0.1) is 6.92 Å². The average Bonchev–Trinajstić information content (AvgIpc) is 3.30. The predicted octanol–water partition coefficient (Wildman–Crippen LogP) is 1.37. The number of hydrogen-bond acceptors (Lipinski definition) is 7. The minimum absolute atomic E-state index is 0. The Morgan fingerprint density at radius 2 is 1.84 bits per heavy atom. The Labute approximate surface area is 237 Å². The van der Waals surface area contributed by atoms with Gasteiger partial charge in [-0.05, 0) is 71.7 Å². The number of halogens is 1. The molecule has 1 aliphatic carbocycles. The lowest BCUT2D eigenvalue weighted by atomic mass is 9.80. The number of rotatable bonds is 8. The minimum atomic E-state index is -1.02. The quantitative estimate of drug-likeness (QED) is 0.271. The maximum Gasteiger partial charge on any atom is 0.402 e. The molecule has 0 aliphatic heterocycles. The zero-order valence-electron chi connectivity index (χ0n) is 22.9. The first kappa shape index (κ1) is 30.3. The largest absolute Gasteiger partial charge is 1.00 e. The number of fused-ring (bicyclic) bond motifs is 2. The molecule has 0 saturated heterocycles. The van der Waals surface area contributed by atoms with E-state index in [1.165, 1.54) is 10.8 Å². The molecule has 2 aromatic heterocycles. The summed E-state index contributed by atoms with van der Waals surface area (Å²) in [5.41, 5.74) is 10.4. The Bertz CT molecular complexity index is 1360. The Morgan fingerprint density at radius 1 is 1.24 bits per heavy atom. The van der Waals surface area contributed by atoms with Gasteiger partial charge in [-0.25, -0.2) is 9.55 Å². The van der Waals surface area contributed by atoms with E-state index in [9.17, 15) is 14.7 Å². The van der Waals surface area contributed by atoms with E-state index in [0.29, 0.717) is 11.7 Å². The molecule has 38 heavy (non-hydrogen) atoms.